The molecule has 1 aromatic rings. The standard InChI is InChI=1S/C14H20N2O3S/c1-2-15-13-5-3-4-6-14(13)20(19)12-9-7-11(8-10-12)16(17)18/h7-10,13-15H,2-6H2,1H3. The maximum absolute atomic E-state index is 12.7. The molecule has 1 aliphatic rings. The molecule has 1 fully saturated rings. The highest BCUT2D eigenvalue weighted by molar-refractivity contribution is 7.85. The molecule has 1 aromatic carbocycles. The first kappa shape index (κ1) is 15.1. The van der Waals surface area contributed by atoms with Crippen molar-refractivity contribution in [2.24, 2.45) is 0 Å². The van der Waals surface area contributed by atoms with Gasteiger partial charge in [0.25, 0.3) is 5.69 Å². The molecule has 0 aliphatic heterocycles. The van der Waals surface area contributed by atoms with Crippen LogP contribution in [0.2, 0.25) is 0 Å². The highest BCUT2D eigenvalue weighted by Crippen LogP contribution is 2.27. The van der Waals surface area contributed by atoms with Crippen molar-refractivity contribution in [3.05, 3.63) is 34.4 Å². The molecule has 0 bridgehead atoms. The van der Waals surface area contributed by atoms with E-state index < -0.39 is 15.7 Å². The van der Waals surface area contributed by atoms with Crippen LogP contribution in [0, 0.1) is 10.1 Å². The predicted molar refractivity (Wildman–Crippen MR) is 79.2 cm³/mol. The van der Waals surface area contributed by atoms with Gasteiger partial charge in [0, 0.05) is 23.1 Å². The van der Waals surface area contributed by atoms with Gasteiger partial charge in [-0.05, 0) is 31.5 Å². The quantitative estimate of drug-likeness (QED) is 0.669. The first-order valence-corrected chi connectivity index (χ1v) is 8.23. The summed E-state index contributed by atoms with van der Waals surface area (Å²) in [5, 5.41) is 14.2. The van der Waals surface area contributed by atoms with Crippen molar-refractivity contribution in [1.82, 2.24) is 5.32 Å². The Balaban J connectivity index is 2.14. The van der Waals surface area contributed by atoms with Gasteiger partial charge in [0.15, 0.2) is 0 Å². The second-order valence-electron chi connectivity index (χ2n) is 5.04. The topological polar surface area (TPSA) is 72.2 Å². The molecule has 0 radical (unpaired) electrons. The van der Waals surface area contributed by atoms with Crippen molar-refractivity contribution in [1.29, 1.82) is 0 Å². The van der Waals surface area contributed by atoms with Crippen molar-refractivity contribution in [2.75, 3.05) is 6.54 Å². The van der Waals surface area contributed by atoms with Crippen molar-refractivity contribution in [3.63, 3.8) is 0 Å². The normalized spacial score (nSPS) is 24.2. The lowest BCUT2D eigenvalue weighted by molar-refractivity contribution is -0.384. The summed E-state index contributed by atoms with van der Waals surface area (Å²) >= 11 is 0. The van der Waals surface area contributed by atoms with E-state index >= 15 is 0 Å². The molecule has 3 atom stereocenters. The molecule has 2 rings (SSSR count). The number of hydrogen-bond donors (Lipinski definition) is 1. The lowest BCUT2D eigenvalue weighted by Gasteiger charge is -2.31. The Morgan fingerprint density at radius 2 is 1.95 bits per heavy atom. The minimum absolute atomic E-state index is 0.0395. The third kappa shape index (κ3) is 3.43. The molecule has 20 heavy (non-hydrogen) atoms. The van der Waals surface area contributed by atoms with E-state index in [1.54, 1.807) is 12.1 Å². The zero-order chi connectivity index (χ0) is 14.5. The molecule has 3 unspecified atom stereocenters. The van der Waals surface area contributed by atoms with Crippen LogP contribution in [0.5, 0.6) is 0 Å². The smallest absolute Gasteiger partial charge is 0.269 e. The third-order valence-electron chi connectivity index (χ3n) is 3.72. The summed E-state index contributed by atoms with van der Waals surface area (Å²) in [6, 6.07) is 6.37. The van der Waals surface area contributed by atoms with Crippen LogP contribution in [0.1, 0.15) is 32.6 Å². The van der Waals surface area contributed by atoms with Gasteiger partial charge in [-0.25, -0.2) is 0 Å². The zero-order valence-corrected chi connectivity index (χ0v) is 12.4. The van der Waals surface area contributed by atoms with Gasteiger partial charge >= 0.3 is 0 Å². The van der Waals surface area contributed by atoms with Crippen molar-refractivity contribution in [3.8, 4) is 0 Å². The number of nitrogens with one attached hydrogen (secondary N) is 1. The van der Waals surface area contributed by atoms with E-state index in [-0.39, 0.29) is 17.0 Å². The first-order chi connectivity index (χ1) is 9.63. The fourth-order valence-corrected chi connectivity index (χ4v) is 4.39. The van der Waals surface area contributed by atoms with Gasteiger partial charge in [0.2, 0.25) is 0 Å². The summed E-state index contributed by atoms with van der Waals surface area (Å²) < 4.78 is 12.7. The van der Waals surface area contributed by atoms with E-state index in [0.29, 0.717) is 4.90 Å². The van der Waals surface area contributed by atoms with Crippen LogP contribution < -0.4 is 5.32 Å². The number of rotatable bonds is 5. The van der Waals surface area contributed by atoms with Crippen molar-refractivity contribution >= 4 is 16.5 Å². The van der Waals surface area contributed by atoms with Gasteiger partial charge in [-0.1, -0.05) is 19.8 Å². The molecule has 1 saturated carbocycles. The lowest BCUT2D eigenvalue weighted by atomic mass is 9.95. The summed E-state index contributed by atoms with van der Waals surface area (Å²) in [4.78, 5) is 10.9. The van der Waals surface area contributed by atoms with E-state index in [1.807, 2.05) is 0 Å². The molecule has 0 saturated heterocycles. The molecule has 1 N–H and O–H groups in total. The minimum Gasteiger partial charge on any atom is -0.313 e. The Morgan fingerprint density at radius 1 is 1.30 bits per heavy atom. The summed E-state index contributed by atoms with van der Waals surface area (Å²) in [6.45, 7) is 2.93. The summed E-state index contributed by atoms with van der Waals surface area (Å²) in [6.07, 6.45) is 4.27. The Kier molecular flexibility index (Phi) is 5.25. The molecule has 0 spiro atoms. The molecule has 1 aliphatic carbocycles. The van der Waals surface area contributed by atoms with Crippen LogP contribution >= 0.6 is 0 Å². The summed E-state index contributed by atoms with van der Waals surface area (Å²) in [5.74, 6) is 0. The van der Waals surface area contributed by atoms with Crippen molar-refractivity contribution < 1.29 is 9.13 Å². The summed E-state index contributed by atoms with van der Waals surface area (Å²) in [7, 11) is -1.11. The molecule has 0 aromatic heterocycles. The van der Waals surface area contributed by atoms with Crippen LogP contribution in [0.4, 0.5) is 5.69 Å². The number of non-ortho nitro benzene ring substituents is 1. The number of nitro benzene ring substituents is 1. The molecular formula is C14H20N2O3S. The van der Waals surface area contributed by atoms with Crippen LogP contribution in [-0.2, 0) is 10.8 Å². The fraction of sp³-hybridized carbons (Fsp3) is 0.571. The van der Waals surface area contributed by atoms with E-state index in [4.69, 9.17) is 0 Å². The Labute approximate surface area is 121 Å². The average molecular weight is 296 g/mol. The molecule has 6 heteroatoms. The summed E-state index contributed by atoms with van der Waals surface area (Å²) in [5.41, 5.74) is 0.0395. The Bertz CT molecular complexity index is 488. The molecular weight excluding hydrogens is 276 g/mol. The van der Waals surface area contributed by atoms with Gasteiger partial charge in [0.05, 0.1) is 21.0 Å². The molecule has 110 valence electrons. The Morgan fingerprint density at radius 3 is 2.55 bits per heavy atom. The maximum Gasteiger partial charge on any atom is 0.269 e. The maximum atomic E-state index is 12.7. The lowest BCUT2D eigenvalue weighted by Crippen LogP contribution is -2.44. The number of nitrogens with zero attached hydrogens (tertiary/aromatic N) is 1. The molecule has 0 amide bonds. The fourth-order valence-electron chi connectivity index (χ4n) is 2.73. The highest BCUT2D eigenvalue weighted by Gasteiger charge is 2.30. The van der Waals surface area contributed by atoms with E-state index in [0.717, 1.165) is 25.8 Å². The monoisotopic (exact) mass is 296 g/mol. The number of hydrogen-bond acceptors (Lipinski definition) is 4. The molecule has 5 nitrogen and oxygen atoms in total. The minimum atomic E-state index is -1.11. The first-order valence-electron chi connectivity index (χ1n) is 7.02. The second-order valence-corrected chi connectivity index (χ2v) is 6.71. The number of benzene rings is 1. The van der Waals surface area contributed by atoms with Crippen LogP contribution in [0.25, 0.3) is 0 Å². The number of nitro groups is 1. The van der Waals surface area contributed by atoms with Gasteiger partial charge in [-0.2, -0.15) is 0 Å². The van der Waals surface area contributed by atoms with Crippen LogP contribution in [-0.4, -0.2) is 27.0 Å². The van der Waals surface area contributed by atoms with Gasteiger partial charge in [-0.3, -0.25) is 14.3 Å². The predicted octanol–water partition coefficient (Wildman–Crippen LogP) is 2.62. The largest absolute Gasteiger partial charge is 0.313 e. The van der Waals surface area contributed by atoms with E-state index in [9.17, 15) is 14.3 Å². The van der Waals surface area contributed by atoms with Crippen LogP contribution in [0.3, 0.4) is 0 Å². The zero-order valence-electron chi connectivity index (χ0n) is 11.6. The van der Waals surface area contributed by atoms with Crippen molar-refractivity contribution in [2.45, 2.75) is 48.8 Å². The Hall–Kier alpha value is -1.27. The average Bonchev–Trinajstić information content (AvgIpc) is 2.47. The third-order valence-corrected chi connectivity index (χ3v) is 5.57. The van der Waals surface area contributed by atoms with Gasteiger partial charge in [-0.15, -0.1) is 0 Å². The second kappa shape index (κ2) is 6.95. The van der Waals surface area contributed by atoms with E-state index in [2.05, 4.69) is 12.2 Å². The highest BCUT2D eigenvalue weighted by atomic mass is 32.2. The van der Waals surface area contributed by atoms with Gasteiger partial charge in [0.1, 0.15) is 0 Å². The van der Waals surface area contributed by atoms with Crippen LogP contribution in [0.15, 0.2) is 29.2 Å². The SMILES string of the molecule is CCNC1CCCCC1S(=O)c1ccc([N+](=O)[O-])cc1. The molecule has 0 heterocycles. The van der Waals surface area contributed by atoms with E-state index in [1.165, 1.54) is 18.6 Å². The van der Waals surface area contributed by atoms with Gasteiger partial charge < -0.3 is 5.32 Å².